The van der Waals surface area contributed by atoms with E-state index in [-0.39, 0.29) is 29.5 Å². The molecule has 2 N–H and O–H groups in total. The van der Waals surface area contributed by atoms with Gasteiger partial charge >= 0.3 is 6.09 Å². The van der Waals surface area contributed by atoms with Gasteiger partial charge in [-0.2, -0.15) is 0 Å². The molecule has 1 aliphatic heterocycles. The van der Waals surface area contributed by atoms with Crippen LogP contribution in [0.4, 0.5) is 20.6 Å². The van der Waals surface area contributed by atoms with Gasteiger partial charge in [-0.25, -0.2) is 9.18 Å². The van der Waals surface area contributed by atoms with Gasteiger partial charge in [-0.05, 0) is 76.3 Å². The number of nitrogens with one attached hydrogen (secondary N) is 2. The van der Waals surface area contributed by atoms with Crippen LogP contribution in [0.25, 0.3) is 0 Å². The summed E-state index contributed by atoms with van der Waals surface area (Å²) in [7, 11) is 0. The molecule has 7 nitrogen and oxygen atoms in total. The zero-order chi connectivity index (χ0) is 25.2. The minimum Gasteiger partial charge on any atom is -0.444 e. The van der Waals surface area contributed by atoms with Crippen LogP contribution in [0.5, 0.6) is 0 Å². The van der Waals surface area contributed by atoms with Gasteiger partial charge in [-0.3, -0.25) is 14.9 Å². The summed E-state index contributed by atoms with van der Waals surface area (Å²) in [4.78, 5) is 40.7. The average Bonchev–Trinajstić information content (AvgIpc) is 3.20. The van der Waals surface area contributed by atoms with Crippen LogP contribution in [0, 0.1) is 11.7 Å². The van der Waals surface area contributed by atoms with Gasteiger partial charge in [-0.1, -0.05) is 31.0 Å². The van der Waals surface area contributed by atoms with E-state index in [0.29, 0.717) is 17.7 Å². The zero-order valence-electron chi connectivity index (χ0n) is 20.3. The third-order valence-electron chi connectivity index (χ3n) is 6.52. The largest absolute Gasteiger partial charge is 0.444 e. The molecule has 0 radical (unpaired) electrons. The third-order valence-corrected chi connectivity index (χ3v) is 6.52. The first-order valence-electron chi connectivity index (χ1n) is 12.1. The zero-order valence-corrected chi connectivity index (χ0v) is 20.3. The van der Waals surface area contributed by atoms with Crippen molar-refractivity contribution in [3.63, 3.8) is 0 Å². The van der Waals surface area contributed by atoms with E-state index in [1.807, 2.05) is 18.2 Å². The molecule has 2 aliphatic rings. The molecule has 3 atom stereocenters. The van der Waals surface area contributed by atoms with E-state index >= 15 is 0 Å². The van der Waals surface area contributed by atoms with E-state index in [1.54, 1.807) is 37.8 Å². The van der Waals surface area contributed by atoms with E-state index in [0.717, 1.165) is 25.7 Å². The number of rotatable bonds is 4. The topological polar surface area (TPSA) is 87.7 Å². The first-order valence-corrected chi connectivity index (χ1v) is 12.1. The SMILES string of the molecule is CC(C)(C)OC(=O)Nc1cc(NC(=O)C2CC3CCCCC3N2C(=O)c2ccccc2)ccc1F. The lowest BCUT2D eigenvalue weighted by molar-refractivity contribution is -0.120. The number of likely N-dealkylation sites (tertiary alicyclic amines) is 1. The highest BCUT2D eigenvalue weighted by atomic mass is 19.1. The molecule has 0 aromatic heterocycles. The maximum Gasteiger partial charge on any atom is 0.412 e. The minimum atomic E-state index is -0.792. The van der Waals surface area contributed by atoms with Gasteiger partial charge in [0.1, 0.15) is 17.5 Å². The van der Waals surface area contributed by atoms with Gasteiger partial charge in [0, 0.05) is 17.3 Å². The fraction of sp³-hybridized carbons (Fsp3) is 0.444. The van der Waals surface area contributed by atoms with Crippen LogP contribution in [-0.2, 0) is 9.53 Å². The van der Waals surface area contributed by atoms with Crippen LogP contribution in [0.3, 0.4) is 0 Å². The molecule has 2 aromatic rings. The predicted molar refractivity (Wildman–Crippen MR) is 132 cm³/mol. The highest BCUT2D eigenvalue weighted by molar-refractivity contribution is 6.02. The van der Waals surface area contributed by atoms with Crippen molar-refractivity contribution in [2.75, 3.05) is 10.6 Å². The summed E-state index contributed by atoms with van der Waals surface area (Å²) in [5.41, 5.74) is 0.0429. The fourth-order valence-corrected chi connectivity index (χ4v) is 5.05. The smallest absolute Gasteiger partial charge is 0.412 e. The van der Waals surface area contributed by atoms with E-state index in [1.165, 1.54) is 18.2 Å². The molecular weight excluding hydrogens is 449 g/mol. The molecule has 1 aliphatic carbocycles. The Balaban J connectivity index is 1.53. The van der Waals surface area contributed by atoms with Crippen molar-refractivity contribution >= 4 is 29.3 Å². The Morgan fingerprint density at radius 2 is 1.71 bits per heavy atom. The Morgan fingerprint density at radius 1 is 1.00 bits per heavy atom. The summed E-state index contributed by atoms with van der Waals surface area (Å²) in [6.07, 6.45) is 3.81. The molecule has 3 unspecified atom stereocenters. The molecule has 3 amide bonds. The number of ether oxygens (including phenoxy) is 1. The summed E-state index contributed by atoms with van der Waals surface area (Å²) in [6.45, 7) is 5.13. The van der Waals surface area contributed by atoms with E-state index < -0.39 is 23.6 Å². The summed E-state index contributed by atoms with van der Waals surface area (Å²) >= 11 is 0. The van der Waals surface area contributed by atoms with Gasteiger partial charge in [0.25, 0.3) is 5.91 Å². The van der Waals surface area contributed by atoms with E-state index in [9.17, 15) is 18.8 Å². The predicted octanol–water partition coefficient (Wildman–Crippen LogP) is 5.58. The molecule has 35 heavy (non-hydrogen) atoms. The maximum atomic E-state index is 14.3. The number of fused-ring (bicyclic) bond motifs is 1. The Bertz CT molecular complexity index is 1100. The number of hydrogen-bond acceptors (Lipinski definition) is 4. The summed E-state index contributed by atoms with van der Waals surface area (Å²) in [6, 6.07) is 12.4. The first kappa shape index (κ1) is 24.7. The quantitative estimate of drug-likeness (QED) is 0.596. The molecule has 4 rings (SSSR count). The molecular formula is C27H32FN3O4. The van der Waals surface area contributed by atoms with Crippen molar-refractivity contribution in [2.45, 2.75) is 70.6 Å². The van der Waals surface area contributed by atoms with Crippen LogP contribution in [0.15, 0.2) is 48.5 Å². The second kappa shape index (κ2) is 10.1. The number of anilines is 2. The summed E-state index contributed by atoms with van der Waals surface area (Å²) in [5.74, 6) is -0.837. The molecule has 186 valence electrons. The molecule has 0 bridgehead atoms. The highest BCUT2D eigenvalue weighted by Gasteiger charge is 2.47. The van der Waals surface area contributed by atoms with Gasteiger partial charge in [-0.15, -0.1) is 0 Å². The first-order chi connectivity index (χ1) is 16.6. The third kappa shape index (κ3) is 5.81. The van der Waals surface area contributed by atoms with Crippen molar-refractivity contribution in [1.29, 1.82) is 0 Å². The van der Waals surface area contributed by atoms with Crippen molar-refractivity contribution < 1.29 is 23.5 Å². The van der Waals surface area contributed by atoms with Crippen molar-refractivity contribution in [3.8, 4) is 0 Å². The monoisotopic (exact) mass is 481 g/mol. The lowest BCUT2D eigenvalue weighted by Gasteiger charge is -2.33. The standard InChI is InChI=1S/C27H32FN3O4/c1-27(2,3)35-26(34)30-21-16-19(13-14-20(21)28)29-24(32)23-15-18-11-7-8-12-22(18)31(23)25(33)17-9-5-4-6-10-17/h4-6,9-10,13-14,16,18,22-23H,7-8,11-12,15H2,1-3H3,(H,29,32)(H,30,34). The number of carbonyl (C=O) groups excluding carboxylic acids is 3. The highest BCUT2D eigenvalue weighted by Crippen LogP contribution is 2.41. The number of carbonyl (C=O) groups is 3. The lowest BCUT2D eigenvalue weighted by Crippen LogP contribution is -2.47. The average molecular weight is 482 g/mol. The number of hydrogen-bond donors (Lipinski definition) is 2. The molecule has 1 saturated heterocycles. The van der Waals surface area contributed by atoms with Gasteiger partial charge in [0.2, 0.25) is 5.91 Å². The van der Waals surface area contributed by atoms with Gasteiger partial charge in [0.05, 0.1) is 5.69 Å². The number of nitrogens with zero attached hydrogens (tertiary/aromatic N) is 1. The lowest BCUT2D eigenvalue weighted by atomic mass is 9.84. The van der Waals surface area contributed by atoms with Crippen molar-refractivity contribution in [1.82, 2.24) is 4.90 Å². The summed E-state index contributed by atoms with van der Waals surface area (Å²) < 4.78 is 19.5. The summed E-state index contributed by atoms with van der Waals surface area (Å²) in [5, 5.41) is 5.21. The van der Waals surface area contributed by atoms with Crippen molar-refractivity contribution in [2.24, 2.45) is 5.92 Å². The number of amides is 3. The number of halogens is 1. The Morgan fingerprint density at radius 3 is 2.43 bits per heavy atom. The fourth-order valence-electron chi connectivity index (χ4n) is 5.05. The van der Waals surface area contributed by atoms with Crippen molar-refractivity contribution in [3.05, 3.63) is 59.9 Å². The Labute approximate surface area is 205 Å². The normalized spacial score (nSPS) is 21.7. The van der Waals surface area contributed by atoms with E-state index in [4.69, 9.17) is 4.74 Å². The Kier molecular flexibility index (Phi) is 7.10. The second-order valence-corrected chi connectivity index (χ2v) is 10.3. The second-order valence-electron chi connectivity index (χ2n) is 10.3. The molecule has 1 heterocycles. The van der Waals surface area contributed by atoms with E-state index in [2.05, 4.69) is 10.6 Å². The van der Waals surface area contributed by atoms with Crippen LogP contribution in [0.1, 0.15) is 63.2 Å². The van der Waals surface area contributed by atoms with Crippen LogP contribution in [0.2, 0.25) is 0 Å². The minimum absolute atomic E-state index is 0.0322. The van der Waals surface area contributed by atoms with Gasteiger partial charge in [0.15, 0.2) is 0 Å². The molecule has 0 spiro atoms. The maximum absolute atomic E-state index is 14.3. The molecule has 8 heteroatoms. The molecule has 1 saturated carbocycles. The van der Waals surface area contributed by atoms with Crippen LogP contribution < -0.4 is 10.6 Å². The Hall–Kier alpha value is -3.42. The van der Waals surface area contributed by atoms with Crippen LogP contribution >= 0.6 is 0 Å². The molecule has 2 aromatic carbocycles. The number of benzene rings is 2. The van der Waals surface area contributed by atoms with Gasteiger partial charge < -0.3 is 15.0 Å². The van der Waals surface area contributed by atoms with Crippen LogP contribution in [-0.4, -0.2) is 40.5 Å². The molecule has 2 fully saturated rings.